The number of benzene rings is 1. The zero-order chi connectivity index (χ0) is 13.1. The summed E-state index contributed by atoms with van der Waals surface area (Å²) >= 11 is 3.45. The van der Waals surface area contributed by atoms with Crippen LogP contribution < -0.4 is 11.3 Å². The second kappa shape index (κ2) is 5.95. The van der Waals surface area contributed by atoms with Crippen molar-refractivity contribution < 1.29 is 8.42 Å². The molecule has 0 radical (unpaired) electrons. The topological polar surface area (TPSA) is 72.2 Å². The summed E-state index contributed by atoms with van der Waals surface area (Å²) in [5.74, 6) is 5.60. The Morgan fingerprint density at radius 2 is 2.12 bits per heavy atom. The third kappa shape index (κ3) is 4.75. The fourth-order valence-electron chi connectivity index (χ4n) is 1.59. The largest absolute Gasteiger partial charge is 0.271 e. The van der Waals surface area contributed by atoms with Gasteiger partial charge in [0, 0.05) is 16.8 Å². The van der Waals surface area contributed by atoms with Crippen molar-refractivity contribution in [2.45, 2.75) is 19.4 Å². The van der Waals surface area contributed by atoms with Crippen molar-refractivity contribution in [2.24, 2.45) is 5.84 Å². The number of nitrogens with two attached hydrogens (primary N) is 1. The molecule has 0 aliphatic rings. The summed E-state index contributed by atoms with van der Waals surface area (Å²) in [5.41, 5.74) is 4.76. The molecule has 0 heterocycles. The summed E-state index contributed by atoms with van der Waals surface area (Å²) in [6, 6.07) is 5.75. The molecule has 96 valence electrons. The number of hydrogen-bond donors (Lipinski definition) is 2. The van der Waals surface area contributed by atoms with Crippen LogP contribution in [-0.2, 0) is 9.84 Å². The highest BCUT2D eigenvalue weighted by molar-refractivity contribution is 9.10. The Balaban J connectivity index is 2.90. The third-order valence-electron chi connectivity index (χ3n) is 2.51. The van der Waals surface area contributed by atoms with Crippen molar-refractivity contribution in [2.75, 3.05) is 12.0 Å². The minimum Gasteiger partial charge on any atom is -0.271 e. The molecule has 3 N–H and O–H groups in total. The summed E-state index contributed by atoms with van der Waals surface area (Å²) in [6.07, 6.45) is 1.68. The molecule has 0 saturated heterocycles. The predicted molar refractivity (Wildman–Crippen MR) is 73.3 cm³/mol. The standard InChI is InChI=1S/C11H17BrN2O2S/c1-8-3-4-10(12)9(7-8)11(14-13)5-6-17(2,15)16/h3-4,7,11,14H,5-6,13H2,1-2H3. The maximum absolute atomic E-state index is 11.2. The van der Waals surface area contributed by atoms with Crippen LogP contribution in [-0.4, -0.2) is 20.4 Å². The lowest BCUT2D eigenvalue weighted by molar-refractivity contribution is 0.529. The molecule has 4 nitrogen and oxygen atoms in total. The molecule has 0 amide bonds. The first-order valence-corrected chi connectivity index (χ1v) is 8.09. The molecule has 17 heavy (non-hydrogen) atoms. The van der Waals surface area contributed by atoms with E-state index < -0.39 is 9.84 Å². The molecule has 0 fully saturated rings. The number of sulfone groups is 1. The normalized spacial score (nSPS) is 13.6. The van der Waals surface area contributed by atoms with Gasteiger partial charge in [-0.05, 0) is 25.0 Å². The average Bonchev–Trinajstić information content (AvgIpc) is 2.22. The van der Waals surface area contributed by atoms with E-state index in [0.717, 1.165) is 15.6 Å². The molecule has 1 rings (SSSR count). The molecule has 1 aromatic rings. The fraction of sp³-hybridized carbons (Fsp3) is 0.455. The second-order valence-electron chi connectivity index (χ2n) is 4.16. The number of nitrogens with one attached hydrogen (secondary N) is 1. The third-order valence-corrected chi connectivity index (χ3v) is 4.20. The summed E-state index contributed by atoms with van der Waals surface area (Å²) < 4.78 is 23.2. The highest BCUT2D eigenvalue weighted by Crippen LogP contribution is 2.26. The Morgan fingerprint density at radius 1 is 1.47 bits per heavy atom. The van der Waals surface area contributed by atoms with Crippen LogP contribution in [0, 0.1) is 6.92 Å². The van der Waals surface area contributed by atoms with Gasteiger partial charge in [-0.3, -0.25) is 11.3 Å². The number of hydrazine groups is 1. The highest BCUT2D eigenvalue weighted by Gasteiger charge is 2.15. The summed E-state index contributed by atoms with van der Waals surface area (Å²) in [6.45, 7) is 1.99. The van der Waals surface area contributed by atoms with Crippen molar-refractivity contribution in [1.29, 1.82) is 0 Å². The fourth-order valence-corrected chi connectivity index (χ4v) is 2.78. The van der Waals surface area contributed by atoms with Crippen LogP contribution in [0.1, 0.15) is 23.6 Å². The Morgan fingerprint density at radius 3 is 2.65 bits per heavy atom. The molecule has 1 aromatic carbocycles. The van der Waals surface area contributed by atoms with E-state index in [2.05, 4.69) is 21.4 Å². The predicted octanol–water partition coefficient (Wildman–Crippen LogP) is 1.70. The van der Waals surface area contributed by atoms with E-state index in [0.29, 0.717) is 6.42 Å². The lowest BCUT2D eigenvalue weighted by atomic mass is 10.0. The van der Waals surface area contributed by atoms with E-state index in [1.165, 1.54) is 6.26 Å². The maximum atomic E-state index is 11.2. The molecule has 0 aliphatic carbocycles. The van der Waals surface area contributed by atoms with Gasteiger partial charge >= 0.3 is 0 Å². The van der Waals surface area contributed by atoms with Crippen molar-refractivity contribution in [3.8, 4) is 0 Å². The smallest absolute Gasteiger partial charge is 0.147 e. The molecule has 6 heteroatoms. The molecule has 0 spiro atoms. The molecule has 0 aromatic heterocycles. The van der Waals surface area contributed by atoms with Crippen LogP contribution in [0.3, 0.4) is 0 Å². The monoisotopic (exact) mass is 320 g/mol. The molecular weight excluding hydrogens is 304 g/mol. The molecule has 0 saturated carbocycles. The van der Waals surface area contributed by atoms with Crippen LogP contribution in [0.5, 0.6) is 0 Å². The summed E-state index contributed by atoms with van der Waals surface area (Å²) in [5, 5.41) is 0. The second-order valence-corrected chi connectivity index (χ2v) is 7.28. The van der Waals surface area contributed by atoms with E-state index in [1.54, 1.807) is 0 Å². The first-order chi connectivity index (χ1) is 7.83. The van der Waals surface area contributed by atoms with Gasteiger partial charge in [0.1, 0.15) is 9.84 Å². The molecule has 0 aliphatic heterocycles. The van der Waals surface area contributed by atoms with Crippen molar-refractivity contribution in [3.05, 3.63) is 33.8 Å². The van der Waals surface area contributed by atoms with Crippen molar-refractivity contribution in [1.82, 2.24) is 5.43 Å². The van der Waals surface area contributed by atoms with E-state index >= 15 is 0 Å². The van der Waals surface area contributed by atoms with Gasteiger partial charge in [0.15, 0.2) is 0 Å². The van der Waals surface area contributed by atoms with Gasteiger partial charge in [0.05, 0.1) is 5.75 Å². The minimum absolute atomic E-state index is 0.113. The molecule has 1 atom stereocenters. The number of rotatable bonds is 5. The zero-order valence-corrected chi connectivity index (χ0v) is 12.3. The van der Waals surface area contributed by atoms with Gasteiger partial charge in [0.2, 0.25) is 0 Å². The Bertz CT molecular complexity index is 488. The van der Waals surface area contributed by atoms with E-state index in [9.17, 15) is 8.42 Å². The Labute approximate surface area is 111 Å². The summed E-state index contributed by atoms with van der Waals surface area (Å²) in [4.78, 5) is 0. The number of halogens is 1. The number of aryl methyl sites for hydroxylation is 1. The lowest BCUT2D eigenvalue weighted by Gasteiger charge is -2.18. The van der Waals surface area contributed by atoms with Gasteiger partial charge in [-0.2, -0.15) is 0 Å². The minimum atomic E-state index is -2.97. The van der Waals surface area contributed by atoms with Crippen LogP contribution in [0.2, 0.25) is 0 Å². The first kappa shape index (κ1) is 14.6. The zero-order valence-electron chi connectivity index (χ0n) is 9.90. The van der Waals surface area contributed by atoms with Gasteiger partial charge < -0.3 is 0 Å². The SMILES string of the molecule is Cc1ccc(Br)c(C(CCS(C)(=O)=O)NN)c1. The van der Waals surface area contributed by atoms with Crippen LogP contribution in [0.15, 0.2) is 22.7 Å². The van der Waals surface area contributed by atoms with E-state index in [-0.39, 0.29) is 11.8 Å². The molecule has 1 unspecified atom stereocenters. The van der Waals surface area contributed by atoms with Gasteiger partial charge in [-0.1, -0.05) is 33.6 Å². The Hall–Kier alpha value is -0.430. The van der Waals surface area contributed by atoms with Crippen LogP contribution >= 0.6 is 15.9 Å². The quantitative estimate of drug-likeness (QED) is 0.639. The van der Waals surface area contributed by atoms with E-state index in [4.69, 9.17) is 5.84 Å². The highest BCUT2D eigenvalue weighted by atomic mass is 79.9. The van der Waals surface area contributed by atoms with Crippen LogP contribution in [0.25, 0.3) is 0 Å². The van der Waals surface area contributed by atoms with Gasteiger partial charge in [0.25, 0.3) is 0 Å². The van der Waals surface area contributed by atoms with E-state index in [1.807, 2.05) is 25.1 Å². The summed E-state index contributed by atoms with van der Waals surface area (Å²) in [7, 11) is -2.97. The average molecular weight is 321 g/mol. The van der Waals surface area contributed by atoms with Gasteiger partial charge in [-0.25, -0.2) is 8.42 Å². The Kier molecular flexibility index (Phi) is 5.12. The van der Waals surface area contributed by atoms with Crippen molar-refractivity contribution in [3.63, 3.8) is 0 Å². The molecular formula is C11H17BrN2O2S. The van der Waals surface area contributed by atoms with Crippen LogP contribution in [0.4, 0.5) is 0 Å². The first-order valence-electron chi connectivity index (χ1n) is 5.23. The number of hydrogen-bond acceptors (Lipinski definition) is 4. The lowest BCUT2D eigenvalue weighted by Crippen LogP contribution is -2.29. The molecule has 0 bridgehead atoms. The maximum Gasteiger partial charge on any atom is 0.147 e. The van der Waals surface area contributed by atoms with Gasteiger partial charge in [-0.15, -0.1) is 0 Å². The van der Waals surface area contributed by atoms with Crippen molar-refractivity contribution >= 4 is 25.8 Å².